The van der Waals surface area contributed by atoms with Gasteiger partial charge in [-0.2, -0.15) is 0 Å². The predicted molar refractivity (Wildman–Crippen MR) is 94.4 cm³/mol. The first-order valence-corrected chi connectivity index (χ1v) is 7.94. The molecule has 6 nitrogen and oxygen atoms in total. The number of rotatable bonds is 5. The molecule has 0 aliphatic rings. The summed E-state index contributed by atoms with van der Waals surface area (Å²) >= 11 is 0. The molecule has 0 saturated heterocycles. The number of hydrogen-bond acceptors (Lipinski definition) is 5. The topological polar surface area (TPSA) is 83.9 Å². The summed E-state index contributed by atoms with van der Waals surface area (Å²) in [5, 5.41) is 9.96. The molecule has 2 N–H and O–H groups in total. The van der Waals surface area contributed by atoms with E-state index in [2.05, 4.69) is 19.9 Å². The highest BCUT2D eigenvalue weighted by Crippen LogP contribution is 2.28. The van der Waals surface area contributed by atoms with Gasteiger partial charge in [-0.1, -0.05) is 0 Å². The van der Waals surface area contributed by atoms with Gasteiger partial charge in [0.2, 0.25) is 0 Å². The summed E-state index contributed by atoms with van der Waals surface area (Å²) in [6.07, 6.45) is 7.25. The number of nitrogens with one attached hydrogen (secondary N) is 1. The molecule has 3 heterocycles. The van der Waals surface area contributed by atoms with Gasteiger partial charge < -0.3 is 14.8 Å². The number of aliphatic hydroxyl groups excluding tert-OH is 1. The van der Waals surface area contributed by atoms with Crippen molar-refractivity contribution in [3.8, 4) is 22.9 Å². The van der Waals surface area contributed by atoms with Crippen LogP contribution in [0.15, 0.2) is 61.2 Å². The quantitative estimate of drug-likeness (QED) is 0.585. The number of aliphatic hydroxyl groups is 1. The van der Waals surface area contributed by atoms with Crippen LogP contribution in [0.1, 0.15) is 5.69 Å². The van der Waals surface area contributed by atoms with Crippen LogP contribution in [0.3, 0.4) is 0 Å². The predicted octanol–water partition coefficient (Wildman–Crippen LogP) is 3.35. The Morgan fingerprint density at radius 3 is 2.64 bits per heavy atom. The van der Waals surface area contributed by atoms with E-state index in [0.29, 0.717) is 12.2 Å². The van der Waals surface area contributed by atoms with E-state index in [1.54, 1.807) is 24.8 Å². The number of benzene rings is 1. The van der Waals surface area contributed by atoms with Crippen LogP contribution in [0.5, 0.6) is 11.5 Å². The van der Waals surface area contributed by atoms with Gasteiger partial charge in [-0.15, -0.1) is 0 Å². The third-order valence-corrected chi connectivity index (χ3v) is 3.83. The number of hydrogen-bond donors (Lipinski definition) is 2. The van der Waals surface area contributed by atoms with Gasteiger partial charge >= 0.3 is 0 Å². The van der Waals surface area contributed by atoms with Crippen molar-refractivity contribution in [2.75, 3.05) is 6.61 Å². The van der Waals surface area contributed by atoms with Gasteiger partial charge in [0.25, 0.3) is 0 Å². The number of ether oxygens (including phenoxy) is 1. The first kappa shape index (κ1) is 15.3. The zero-order valence-corrected chi connectivity index (χ0v) is 13.4. The van der Waals surface area contributed by atoms with Crippen molar-refractivity contribution in [1.82, 2.24) is 19.9 Å². The number of pyridine rings is 1. The molecule has 4 aromatic rings. The first-order valence-electron chi connectivity index (χ1n) is 7.94. The summed E-state index contributed by atoms with van der Waals surface area (Å²) in [4.78, 5) is 16.0. The van der Waals surface area contributed by atoms with E-state index in [4.69, 9.17) is 9.84 Å². The molecule has 1 aromatic carbocycles. The van der Waals surface area contributed by atoms with Crippen molar-refractivity contribution in [1.29, 1.82) is 0 Å². The summed E-state index contributed by atoms with van der Waals surface area (Å²) in [6, 6.07) is 11.6. The molecule has 0 aliphatic carbocycles. The van der Waals surface area contributed by atoms with Crippen LogP contribution >= 0.6 is 0 Å². The lowest BCUT2D eigenvalue weighted by atomic mass is 10.2. The molecule has 6 heteroatoms. The summed E-state index contributed by atoms with van der Waals surface area (Å²) in [5.41, 5.74) is 3.55. The van der Waals surface area contributed by atoms with Crippen LogP contribution in [0.25, 0.3) is 22.3 Å². The van der Waals surface area contributed by atoms with Crippen molar-refractivity contribution in [2.24, 2.45) is 0 Å². The van der Waals surface area contributed by atoms with Gasteiger partial charge in [-0.05, 0) is 36.4 Å². The standard InChI is InChI=1S/C19H16N4O2/c24-8-5-14-1-2-16(11-22-14)25-15-3-4-17-13(9-15)10-18(23-17)19-12-20-6-7-21-19/h1-4,6-7,9-12,23-24H,5,8H2. The Hall–Kier alpha value is -3.25. The maximum absolute atomic E-state index is 8.93. The van der Waals surface area contributed by atoms with E-state index in [1.807, 2.05) is 36.4 Å². The molecule has 0 fully saturated rings. The number of aromatic nitrogens is 4. The number of aromatic amines is 1. The Kier molecular flexibility index (Phi) is 4.10. The van der Waals surface area contributed by atoms with E-state index in [0.717, 1.165) is 33.7 Å². The monoisotopic (exact) mass is 332 g/mol. The smallest absolute Gasteiger partial charge is 0.145 e. The molecule has 0 aliphatic heterocycles. The lowest BCUT2D eigenvalue weighted by molar-refractivity contribution is 0.298. The van der Waals surface area contributed by atoms with Crippen LogP contribution in [0, 0.1) is 0 Å². The molecule has 124 valence electrons. The highest BCUT2D eigenvalue weighted by atomic mass is 16.5. The molecular formula is C19H16N4O2. The fraction of sp³-hybridized carbons (Fsp3) is 0.105. The number of H-pyrrole nitrogens is 1. The SMILES string of the molecule is OCCc1ccc(Oc2ccc3[nH]c(-c4cnccn4)cc3c2)cn1. The van der Waals surface area contributed by atoms with E-state index < -0.39 is 0 Å². The fourth-order valence-corrected chi connectivity index (χ4v) is 2.62. The van der Waals surface area contributed by atoms with Crippen molar-refractivity contribution >= 4 is 10.9 Å². The van der Waals surface area contributed by atoms with Crippen molar-refractivity contribution in [3.05, 3.63) is 66.9 Å². The van der Waals surface area contributed by atoms with Gasteiger partial charge in [0.15, 0.2) is 0 Å². The Bertz CT molecular complexity index is 981. The Labute approximate surface area is 144 Å². The lowest BCUT2D eigenvalue weighted by Crippen LogP contribution is -1.94. The molecular weight excluding hydrogens is 316 g/mol. The van der Waals surface area contributed by atoms with Crippen LogP contribution in [0.2, 0.25) is 0 Å². The maximum atomic E-state index is 8.93. The minimum Gasteiger partial charge on any atom is -0.456 e. The molecule has 0 radical (unpaired) electrons. The third-order valence-electron chi connectivity index (χ3n) is 3.83. The largest absolute Gasteiger partial charge is 0.456 e. The first-order chi connectivity index (χ1) is 12.3. The van der Waals surface area contributed by atoms with Crippen LogP contribution in [-0.2, 0) is 6.42 Å². The number of nitrogens with zero attached hydrogens (tertiary/aromatic N) is 3. The van der Waals surface area contributed by atoms with Crippen LogP contribution in [0.4, 0.5) is 0 Å². The summed E-state index contributed by atoms with van der Waals surface area (Å²) in [7, 11) is 0. The molecule has 4 rings (SSSR count). The summed E-state index contributed by atoms with van der Waals surface area (Å²) < 4.78 is 5.87. The highest BCUT2D eigenvalue weighted by Gasteiger charge is 2.06. The fourth-order valence-electron chi connectivity index (χ4n) is 2.62. The summed E-state index contributed by atoms with van der Waals surface area (Å²) in [5.74, 6) is 1.39. The average molecular weight is 332 g/mol. The van der Waals surface area contributed by atoms with Gasteiger partial charge in [0.05, 0.1) is 18.1 Å². The Morgan fingerprint density at radius 1 is 0.960 bits per heavy atom. The second kappa shape index (κ2) is 6.70. The van der Waals surface area contributed by atoms with Crippen molar-refractivity contribution in [3.63, 3.8) is 0 Å². The van der Waals surface area contributed by atoms with Gasteiger partial charge in [-0.25, -0.2) is 0 Å². The third kappa shape index (κ3) is 3.34. The van der Waals surface area contributed by atoms with Crippen LogP contribution in [-0.4, -0.2) is 31.6 Å². The Morgan fingerprint density at radius 2 is 1.88 bits per heavy atom. The minimum absolute atomic E-state index is 0.0888. The Balaban J connectivity index is 1.58. The molecule has 0 unspecified atom stereocenters. The number of fused-ring (bicyclic) bond motifs is 1. The highest BCUT2D eigenvalue weighted by molar-refractivity contribution is 5.86. The van der Waals surface area contributed by atoms with E-state index in [9.17, 15) is 0 Å². The second-order valence-electron chi connectivity index (χ2n) is 5.58. The van der Waals surface area contributed by atoms with E-state index in [1.165, 1.54) is 0 Å². The molecule has 0 saturated carbocycles. The van der Waals surface area contributed by atoms with Gasteiger partial charge in [-0.3, -0.25) is 15.0 Å². The minimum atomic E-state index is 0.0888. The van der Waals surface area contributed by atoms with Crippen LogP contribution < -0.4 is 4.74 Å². The maximum Gasteiger partial charge on any atom is 0.145 e. The summed E-state index contributed by atoms with van der Waals surface area (Å²) in [6.45, 7) is 0.0888. The van der Waals surface area contributed by atoms with Crippen molar-refractivity contribution in [2.45, 2.75) is 6.42 Å². The van der Waals surface area contributed by atoms with Crippen molar-refractivity contribution < 1.29 is 9.84 Å². The molecule has 0 bridgehead atoms. The zero-order chi connectivity index (χ0) is 17.1. The second-order valence-corrected chi connectivity index (χ2v) is 5.58. The van der Waals surface area contributed by atoms with E-state index >= 15 is 0 Å². The molecule has 0 amide bonds. The average Bonchev–Trinajstić information content (AvgIpc) is 3.08. The molecule has 0 atom stereocenters. The van der Waals surface area contributed by atoms with Gasteiger partial charge in [0, 0.05) is 42.0 Å². The lowest BCUT2D eigenvalue weighted by Gasteiger charge is -2.06. The van der Waals surface area contributed by atoms with Gasteiger partial charge in [0.1, 0.15) is 17.2 Å². The van der Waals surface area contributed by atoms with E-state index in [-0.39, 0.29) is 6.61 Å². The molecule has 0 spiro atoms. The molecule has 25 heavy (non-hydrogen) atoms. The normalized spacial score (nSPS) is 10.9. The zero-order valence-electron chi connectivity index (χ0n) is 13.4. The molecule has 3 aromatic heterocycles.